The number of methoxy groups -OCH3 is 2. The van der Waals surface area contributed by atoms with E-state index in [0.717, 1.165) is 12.1 Å². The summed E-state index contributed by atoms with van der Waals surface area (Å²) >= 11 is 0. The lowest BCUT2D eigenvalue weighted by Crippen LogP contribution is -2.59. The molecule has 24 heteroatoms. The molecule has 3 saturated heterocycles. The molecule has 0 saturated carbocycles. The number of nitrogens with zero attached hydrogens (tertiary/aromatic N) is 5. The molecule has 5 rings (SSSR count). The van der Waals surface area contributed by atoms with Crippen LogP contribution in [0.5, 0.6) is 0 Å². The first-order valence-corrected chi connectivity index (χ1v) is 28.3. The van der Waals surface area contributed by atoms with Crippen LogP contribution >= 0.6 is 0 Å². The van der Waals surface area contributed by atoms with E-state index >= 15 is 0 Å². The Morgan fingerprint density at radius 2 is 1.60 bits per heavy atom. The van der Waals surface area contributed by atoms with Gasteiger partial charge < -0.3 is 63.4 Å². The summed E-state index contributed by atoms with van der Waals surface area (Å²) < 4.78 is 124. The number of alkyl halides is 4. The summed E-state index contributed by atoms with van der Waals surface area (Å²) in [6.07, 6.45) is -11.0. The fraction of sp³-hybridized carbons (Fsp3) is 0.830. The lowest BCUT2D eigenvalue weighted by atomic mass is 9.77. The molecule has 3 fully saturated rings. The van der Waals surface area contributed by atoms with Crippen molar-refractivity contribution in [3.8, 4) is 0 Å². The molecule has 4 heterocycles. The molecule has 0 spiro atoms. The Bertz CT molecular complexity index is 2300. The van der Waals surface area contributed by atoms with Crippen LogP contribution in [0, 0.1) is 17.8 Å². The minimum Gasteiger partial charge on any atom is -0.459 e. The minimum atomic E-state index is -4.93. The molecule has 4 N–H and O–H groups in total. The topological polar surface area (TPSA) is 234 Å². The molecule has 1 aromatic heterocycles. The average Bonchev–Trinajstić information content (AvgIpc) is 3.82. The highest BCUT2D eigenvalue weighted by atomic mass is 32.2. The van der Waals surface area contributed by atoms with Crippen LogP contribution in [0.4, 0.5) is 17.6 Å². The number of sulfone groups is 1. The number of aliphatic hydroxyl groups is 4. The molecule has 77 heavy (non-hydrogen) atoms. The van der Waals surface area contributed by atoms with Gasteiger partial charge in [-0.25, -0.2) is 17.5 Å². The van der Waals surface area contributed by atoms with E-state index in [-0.39, 0.29) is 37.3 Å². The maximum atomic E-state index is 14.8. The Balaban J connectivity index is 1.40. The quantitative estimate of drug-likeness (QED) is 0.115. The van der Waals surface area contributed by atoms with Crippen LogP contribution in [0.15, 0.2) is 35.4 Å². The van der Waals surface area contributed by atoms with E-state index in [9.17, 15) is 51.2 Å². The number of halogens is 4. The smallest absolute Gasteiger partial charge is 0.403 e. The molecule has 2 aromatic rings. The van der Waals surface area contributed by atoms with Crippen LogP contribution in [0.2, 0.25) is 0 Å². The Labute approximate surface area is 452 Å². The van der Waals surface area contributed by atoms with Gasteiger partial charge in [-0.1, -0.05) is 38.1 Å². The van der Waals surface area contributed by atoms with Crippen LogP contribution in [-0.4, -0.2) is 204 Å². The number of carbonyl (C=O) groups is 1. The number of aliphatic hydroxyl groups excluding tert-OH is 2. The summed E-state index contributed by atoms with van der Waals surface area (Å²) in [5, 5.41) is 56.0. The number of ether oxygens (including phenoxy) is 7. The van der Waals surface area contributed by atoms with E-state index < -0.39 is 135 Å². The van der Waals surface area contributed by atoms with Gasteiger partial charge in [-0.05, 0) is 105 Å². The first-order chi connectivity index (χ1) is 35.7. The second kappa shape index (κ2) is 26.3. The number of likely N-dealkylation sites (N-methyl/N-ethyl adjacent to an activating group) is 2. The fourth-order valence-electron chi connectivity index (χ4n) is 11.7. The van der Waals surface area contributed by atoms with Crippen molar-refractivity contribution in [2.24, 2.45) is 17.8 Å². The fourth-order valence-corrected chi connectivity index (χ4v) is 12.8. The van der Waals surface area contributed by atoms with Crippen LogP contribution in [-0.2, 0) is 54.2 Å². The SMILES string of the molecule is CC[C@H]1OC(=O)[C@H](C)[C@@H](O[C@H]2C[C@@](C)(OC)[C@@H](O)[C@H](C)O2)[C@H](C)[C@@H](O[C@H]2C[C@@H](N(C)CCc3cn([C@H](CF)[C@H](OC)c4ccc(S(=O)(=O)CC(F)(F)F)cc4)nn3)C[C@@H](C)O2)[C@](C)(O)C[C@@H](C)CN(C)[C@H](C)[C@@H](O)[C@]1(C)O. The molecule has 0 radical (unpaired) electrons. The number of benzene rings is 1. The van der Waals surface area contributed by atoms with Crippen molar-refractivity contribution in [2.45, 2.75) is 215 Å². The van der Waals surface area contributed by atoms with Gasteiger partial charge in [0, 0.05) is 70.8 Å². The average molecular weight is 1130 g/mol. The van der Waals surface area contributed by atoms with Crippen molar-refractivity contribution >= 4 is 15.8 Å². The highest BCUT2D eigenvalue weighted by molar-refractivity contribution is 7.91. The summed E-state index contributed by atoms with van der Waals surface area (Å²) in [5.74, 6) is -4.78. The second-order valence-electron chi connectivity index (χ2n) is 22.8. The number of rotatable bonds is 17. The molecule has 0 amide bonds. The third-order valence-electron chi connectivity index (χ3n) is 16.3. The molecular formula is C53H87F4N5O14S. The Morgan fingerprint density at radius 1 is 0.948 bits per heavy atom. The Morgan fingerprint density at radius 3 is 2.18 bits per heavy atom. The monoisotopic (exact) mass is 1130 g/mol. The molecule has 442 valence electrons. The maximum Gasteiger partial charge on any atom is 0.403 e. The minimum absolute atomic E-state index is 0.0862. The van der Waals surface area contributed by atoms with Gasteiger partial charge in [0.25, 0.3) is 0 Å². The van der Waals surface area contributed by atoms with Gasteiger partial charge in [-0.3, -0.25) is 4.79 Å². The molecule has 0 aliphatic carbocycles. The van der Waals surface area contributed by atoms with Crippen molar-refractivity contribution in [1.82, 2.24) is 24.8 Å². The molecular weight excluding hydrogens is 1040 g/mol. The number of esters is 1. The van der Waals surface area contributed by atoms with Gasteiger partial charge in [0.05, 0.1) is 52.1 Å². The summed E-state index contributed by atoms with van der Waals surface area (Å²) in [7, 11) is 1.92. The van der Waals surface area contributed by atoms with E-state index in [2.05, 4.69) is 15.2 Å². The van der Waals surface area contributed by atoms with Gasteiger partial charge in [0.2, 0.25) is 0 Å². The normalized spacial score (nSPS) is 37.7. The van der Waals surface area contributed by atoms with Crippen molar-refractivity contribution in [2.75, 3.05) is 53.8 Å². The first kappa shape index (κ1) is 64.8. The second-order valence-corrected chi connectivity index (χ2v) is 24.8. The number of hydrogen-bond acceptors (Lipinski definition) is 18. The van der Waals surface area contributed by atoms with Gasteiger partial charge in [0.1, 0.15) is 42.7 Å². The van der Waals surface area contributed by atoms with Gasteiger partial charge >= 0.3 is 12.1 Å². The molecule has 0 unspecified atom stereocenters. The maximum absolute atomic E-state index is 14.8. The van der Waals surface area contributed by atoms with Crippen molar-refractivity contribution in [3.63, 3.8) is 0 Å². The summed E-state index contributed by atoms with van der Waals surface area (Å²) in [6, 6.07) is 2.87. The Hall–Kier alpha value is -2.98. The number of aromatic nitrogens is 3. The number of cyclic esters (lactones) is 1. The van der Waals surface area contributed by atoms with Gasteiger partial charge in [-0.2, -0.15) is 13.2 Å². The Kier molecular flexibility index (Phi) is 22.1. The zero-order valence-electron chi connectivity index (χ0n) is 47.2. The van der Waals surface area contributed by atoms with Gasteiger partial charge in [0.15, 0.2) is 28.2 Å². The van der Waals surface area contributed by atoms with Crippen LogP contribution in [0.25, 0.3) is 0 Å². The van der Waals surface area contributed by atoms with E-state index in [0.29, 0.717) is 43.6 Å². The molecule has 19 atom stereocenters. The zero-order chi connectivity index (χ0) is 57.7. The van der Waals surface area contributed by atoms with E-state index in [4.69, 9.17) is 33.2 Å². The third-order valence-corrected chi connectivity index (χ3v) is 18.0. The summed E-state index contributed by atoms with van der Waals surface area (Å²) in [4.78, 5) is 18.0. The highest BCUT2D eigenvalue weighted by Gasteiger charge is 2.52. The van der Waals surface area contributed by atoms with Crippen molar-refractivity contribution < 1.29 is 84.4 Å². The highest BCUT2D eigenvalue weighted by Crippen LogP contribution is 2.41. The molecule has 3 aliphatic heterocycles. The molecule has 19 nitrogen and oxygen atoms in total. The third kappa shape index (κ3) is 15.9. The van der Waals surface area contributed by atoms with Crippen LogP contribution in [0.3, 0.4) is 0 Å². The summed E-state index contributed by atoms with van der Waals surface area (Å²) in [6.45, 7) is 17.4. The van der Waals surface area contributed by atoms with E-state index in [1.54, 1.807) is 47.7 Å². The summed E-state index contributed by atoms with van der Waals surface area (Å²) in [5.41, 5.74) is -3.69. The van der Waals surface area contributed by atoms with Crippen LogP contribution < -0.4 is 0 Å². The molecule has 1 aromatic carbocycles. The van der Waals surface area contributed by atoms with Crippen molar-refractivity contribution in [1.29, 1.82) is 0 Å². The van der Waals surface area contributed by atoms with E-state index in [1.807, 2.05) is 39.8 Å². The van der Waals surface area contributed by atoms with Gasteiger partial charge in [-0.15, -0.1) is 5.10 Å². The number of hydrogen-bond donors (Lipinski definition) is 4. The zero-order valence-corrected chi connectivity index (χ0v) is 48.0. The standard InChI is InChI=1S/C53H87F4N5O14S/c1-15-41-52(10,67)46(63)34(6)61(12)27-30(2)24-50(8,66)48(32(4)44(33(5)49(65)74-41)75-43-25-51(9,71-14)47(64)35(7)73-43)76-42-23-38(22-31(3)72-42)60(11)21-20-37-28-62(59-58-37)40(26-54)45(70-13)36-16-18-39(19-17-36)77(68,69)29-53(55,56)57/h16-19,28,30-35,38,40-48,63-64,66-67H,15,20-27,29H2,1-14H3/t30-,31-,32+,33-,34-,35+,38+,40-,41-,42+,43+,44+,45-,46-,47+,48-,50-,51-,52-/m1/s1. The van der Waals surface area contributed by atoms with E-state index in [1.165, 1.54) is 38.0 Å². The number of carbonyl (C=O) groups excluding carboxylic acids is 1. The predicted molar refractivity (Wildman–Crippen MR) is 275 cm³/mol. The first-order valence-electron chi connectivity index (χ1n) is 26.7. The van der Waals surface area contributed by atoms with Crippen molar-refractivity contribution in [3.05, 3.63) is 41.7 Å². The molecule has 0 bridgehead atoms. The lowest BCUT2D eigenvalue weighted by molar-refractivity contribution is -0.308. The molecule has 3 aliphatic rings. The predicted octanol–water partition coefficient (Wildman–Crippen LogP) is 5.37. The van der Waals surface area contributed by atoms with Crippen LogP contribution in [0.1, 0.15) is 125 Å². The largest absolute Gasteiger partial charge is 0.459 e. The lowest BCUT2D eigenvalue weighted by Gasteiger charge is -2.48.